The van der Waals surface area contributed by atoms with Crippen molar-refractivity contribution in [2.45, 2.75) is 0 Å². The first-order valence-electron chi connectivity index (χ1n) is 19.1. The average molecular weight is 728 g/mol. The highest BCUT2D eigenvalue weighted by atomic mass is 15.0. The fraction of sp³-hybridized carbons (Fsp3) is 0. The number of fused-ring (bicyclic) bond motifs is 7. The van der Waals surface area contributed by atoms with Crippen LogP contribution in [0.15, 0.2) is 200 Å². The maximum Gasteiger partial charge on any atom is 0.164 e. The number of rotatable bonds is 6. The Morgan fingerprint density at radius 2 is 0.789 bits per heavy atom. The van der Waals surface area contributed by atoms with E-state index in [2.05, 4.69) is 168 Å². The summed E-state index contributed by atoms with van der Waals surface area (Å²) in [6.07, 6.45) is 0. The topological polar surface area (TPSA) is 56.5 Å². The molecule has 5 nitrogen and oxygen atoms in total. The molecule has 0 aliphatic heterocycles. The first-order chi connectivity index (χ1) is 28.3. The predicted octanol–water partition coefficient (Wildman–Crippen LogP) is 13.0. The van der Waals surface area contributed by atoms with Gasteiger partial charge in [-0.1, -0.05) is 182 Å². The van der Waals surface area contributed by atoms with Crippen LogP contribution in [0.2, 0.25) is 0 Å². The van der Waals surface area contributed by atoms with Crippen molar-refractivity contribution in [1.82, 2.24) is 24.5 Å². The van der Waals surface area contributed by atoms with E-state index in [-0.39, 0.29) is 0 Å². The van der Waals surface area contributed by atoms with Gasteiger partial charge < -0.3 is 4.57 Å². The Bertz CT molecular complexity index is 3250. The quantitative estimate of drug-likeness (QED) is 0.160. The monoisotopic (exact) mass is 727 g/mol. The fourth-order valence-electron chi connectivity index (χ4n) is 8.09. The van der Waals surface area contributed by atoms with E-state index in [1.54, 1.807) is 0 Å². The summed E-state index contributed by atoms with van der Waals surface area (Å²) in [7, 11) is 0. The van der Waals surface area contributed by atoms with E-state index in [0.717, 1.165) is 82.7 Å². The Hall–Kier alpha value is -7.76. The molecule has 0 atom stereocenters. The summed E-state index contributed by atoms with van der Waals surface area (Å²) in [4.78, 5) is 20.6. The summed E-state index contributed by atoms with van der Waals surface area (Å²) in [5.41, 5.74) is 11.4. The highest BCUT2D eigenvalue weighted by Gasteiger charge is 2.22. The van der Waals surface area contributed by atoms with Gasteiger partial charge in [0.1, 0.15) is 0 Å². The van der Waals surface area contributed by atoms with Crippen LogP contribution in [-0.2, 0) is 0 Å². The second kappa shape index (κ2) is 13.5. The molecule has 0 radical (unpaired) electrons. The molecule has 0 unspecified atom stereocenters. The third-order valence-electron chi connectivity index (χ3n) is 10.8. The molecule has 266 valence electrons. The highest BCUT2D eigenvalue weighted by molar-refractivity contribution is 6.25. The SMILES string of the molecule is c1ccc(-c2ccc(-c3nc(-c4ccccc4)nc(-c4ccc(-c5nc6c7ccccc7ccc6c6c5c5ccccc5n6-c5ccccc5)cc4)n3)cc2)cc1. The minimum atomic E-state index is 0.612. The number of pyridine rings is 1. The molecule has 3 heterocycles. The fourth-order valence-corrected chi connectivity index (χ4v) is 8.09. The van der Waals surface area contributed by atoms with Crippen molar-refractivity contribution in [2.75, 3.05) is 0 Å². The lowest BCUT2D eigenvalue weighted by molar-refractivity contribution is 1.07. The Kier molecular flexibility index (Phi) is 7.74. The normalized spacial score (nSPS) is 11.5. The number of hydrogen-bond donors (Lipinski definition) is 0. The standard InChI is InChI=1S/C52H33N5/c1-4-14-34(15-5-1)35-24-28-39(29-25-35)51-54-50(38-17-6-2-7-18-38)55-52(56-51)40-30-26-37(27-31-40)47-46-43-22-12-13-23-45(43)57(41-19-8-3-9-20-41)49(46)44-33-32-36-16-10-11-21-42(36)48(44)53-47/h1-33H. The van der Waals surface area contributed by atoms with E-state index in [4.69, 9.17) is 19.9 Å². The van der Waals surface area contributed by atoms with E-state index in [1.165, 1.54) is 5.56 Å². The van der Waals surface area contributed by atoms with E-state index in [9.17, 15) is 0 Å². The van der Waals surface area contributed by atoms with Crippen molar-refractivity contribution in [3.63, 3.8) is 0 Å². The molecule has 0 fully saturated rings. The van der Waals surface area contributed by atoms with Crippen LogP contribution >= 0.6 is 0 Å². The molecular formula is C52H33N5. The number of para-hydroxylation sites is 2. The summed E-state index contributed by atoms with van der Waals surface area (Å²) in [6.45, 7) is 0. The summed E-state index contributed by atoms with van der Waals surface area (Å²) in [6, 6.07) is 69.7. The van der Waals surface area contributed by atoms with Crippen molar-refractivity contribution < 1.29 is 0 Å². The average Bonchev–Trinajstić information content (AvgIpc) is 3.65. The van der Waals surface area contributed by atoms with E-state index >= 15 is 0 Å². The molecule has 0 aliphatic carbocycles. The first kappa shape index (κ1) is 32.7. The van der Waals surface area contributed by atoms with Crippen molar-refractivity contribution in [2.24, 2.45) is 0 Å². The zero-order chi connectivity index (χ0) is 37.7. The van der Waals surface area contributed by atoms with Crippen LogP contribution in [-0.4, -0.2) is 24.5 Å². The van der Waals surface area contributed by atoms with Gasteiger partial charge in [0.15, 0.2) is 17.5 Å². The van der Waals surface area contributed by atoms with Gasteiger partial charge in [0.05, 0.1) is 22.2 Å². The molecular weight excluding hydrogens is 695 g/mol. The van der Waals surface area contributed by atoms with Crippen molar-refractivity contribution in [3.05, 3.63) is 200 Å². The number of nitrogens with zero attached hydrogens (tertiary/aromatic N) is 5. The van der Waals surface area contributed by atoms with Crippen LogP contribution in [0.4, 0.5) is 0 Å². The second-order valence-electron chi connectivity index (χ2n) is 14.2. The van der Waals surface area contributed by atoms with Gasteiger partial charge in [-0.2, -0.15) is 0 Å². The van der Waals surface area contributed by atoms with Gasteiger partial charge in [0.25, 0.3) is 0 Å². The number of aromatic nitrogens is 5. The van der Waals surface area contributed by atoms with E-state index < -0.39 is 0 Å². The predicted molar refractivity (Wildman–Crippen MR) is 234 cm³/mol. The smallest absolute Gasteiger partial charge is 0.164 e. The van der Waals surface area contributed by atoms with Crippen LogP contribution in [0.25, 0.3) is 106 Å². The van der Waals surface area contributed by atoms with Gasteiger partial charge in [0, 0.05) is 49.5 Å². The van der Waals surface area contributed by atoms with Gasteiger partial charge in [-0.05, 0) is 34.7 Å². The lowest BCUT2D eigenvalue weighted by atomic mass is 9.99. The molecule has 0 N–H and O–H groups in total. The lowest BCUT2D eigenvalue weighted by Crippen LogP contribution is -2.00. The Labute approximate surface area is 329 Å². The number of hydrogen-bond acceptors (Lipinski definition) is 4. The van der Waals surface area contributed by atoms with Crippen LogP contribution in [0.3, 0.4) is 0 Å². The minimum Gasteiger partial charge on any atom is -0.308 e. The second-order valence-corrected chi connectivity index (χ2v) is 14.2. The largest absolute Gasteiger partial charge is 0.308 e. The first-order valence-corrected chi connectivity index (χ1v) is 19.1. The van der Waals surface area contributed by atoms with Gasteiger partial charge in [-0.3, -0.25) is 0 Å². The van der Waals surface area contributed by atoms with E-state index in [1.807, 2.05) is 36.4 Å². The molecule has 0 aliphatic rings. The van der Waals surface area contributed by atoms with Crippen LogP contribution < -0.4 is 0 Å². The summed E-state index contributed by atoms with van der Waals surface area (Å²) in [5.74, 6) is 1.87. The molecule has 8 aromatic carbocycles. The summed E-state index contributed by atoms with van der Waals surface area (Å²) < 4.78 is 2.39. The van der Waals surface area contributed by atoms with E-state index in [0.29, 0.717) is 17.5 Å². The molecule has 0 amide bonds. The molecule has 0 bridgehead atoms. The van der Waals surface area contributed by atoms with Gasteiger partial charge in [-0.15, -0.1) is 0 Å². The van der Waals surface area contributed by atoms with Crippen molar-refractivity contribution in [3.8, 4) is 62.2 Å². The maximum absolute atomic E-state index is 5.54. The molecule has 0 spiro atoms. The van der Waals surface area contributed by atoms with Crippen molar-refractivity contribution >= 4 is 43.5 Å². The maximum atomic E-state index is 5.54. The molecule has 0 saturated carbocycles. The molecule has 57 heavy (non-hydrogen) atoms. The third-order valence-corrected chi connectivity index (χ3v) is 10.8. The lowest BCUT2D eigenvalue weighted by Gasteiger charge is -2.13. The number of benzene rings is 8. The Balaban J connectivity index is 1.09. The van der Waals surface area contributed by atoms with Crippen LogP contribution in [0.1, 0.15) is 0 Å². The molecule has 5 heteroatoms. The van der Waals surface area contributed by atoms with Gasteiger partial charge >= 0.3 is 0 Å². The molecule has 11 aromatic rings. The Morgan fingerprint density at radius 3 is 1.44 bits per heavy atom. The zero-order valence-electron chi connectivity index (χ0n) is 30.8. The molecule has 3 aromatic heterocycles. The van der Waals surface area contributed by atoms with Crippen LogP contribution in [0, 0.1) is 0 Å². The Morgan fingerprint density at radius 1 is 0.316 bits per heavy atom. The van der Waals surface area contributed by atoms with Gasteiger partial charge in [-0.25, -0.2) is 19.9 Å². The minimum absolute atomic E-state index is 0.612. The summed E-state index contributed by atoms with van der Waals surface area (Å²) in [5, 5.41) is 5.69. The van der Waals surface area contributed by atoms with Gasteiger partial charge in [0.2, 0.25) is 0 Å². The van der Waals surface area contributed by atoms with Crippen molar-refractivity contribution in [1.29, 1.82) is 0 Å². The van der Waals surface area contributed by atoms with Crippen LogP contribution in [0.5, 0.6) is 0 Å². The molecule has 0 saturated heterocycles. The third kappa shape index (κ3) is 5.64. The zero-order valence-corrected chi connectivity index (χ0v) is 30.8. The highest BCUT2D eigenvalue weighted by Crippen LogP contribution is 2.43. The molecule has 11 rings (SSSR count). The summed E-state index contributed by atoms with van der Waals surface area (Å²) >= 11 is 0.